The molecule has 54 valence electrons. The van der Waals surface area contributed by atoms with Crippen LogP contribution in [0.2, 0.25) is 0 Å². The maximum absolute atomic E-state index is 10.5. The molecule has 0 aliphatic rings. The van der Waals surface area contributed by atoms with E-state index in [2.05, 4.69) is 4.89 Å². The van der Waals surface area contributed by atoms with Crippen molar-refractivity contribution in [3.8, 4) is 0 Å². The van der Waals surface area contributed by atoms with E-state index >= 15 is 0 Å². The molecule has 1 aromatic rings. The topological polar surface area (TPSA) is 46.5 Å². The monoisotopic (exact) mass is 202 g/mol. The van der Waals surface area contributed by atoms with Crippen LogP contribution in [0.3, 0.4) is 0 Å². The molecule has 0 fully saturated rings. The third kappa shape index (κ3) is 2.78. The van der Waals surface area contributed by atoms with Crippen LogP contribution in [-0.4, -0.2) is 11.2 Å². The summed E-state index contributed by atoms with van der Waals surface area (Å²) in [5.74, 6) is -0.736. The average Bonchev–Trinajstić information content (AvgIpc) is 2.05. The van der Waals surface area contributed by atoms with E-state index in [1.165, 1.54) is 0 Å². The third-order valence-electron chi connectivity index (χ3n) is 1.09. The first kappa shape index (κ1) is 10.3. The molecule has 0 unspecified atom stereocenters. The minimum Gasteiger partial charge on any atom is -0.296 e. The Hall–Kier alpha value is -0.727. The van der Waals surface area contributed by atoms with Gasteiger partial charge in [-0.05, 0) is 12.1 Å². The largest absolute Gasteiger partial charge is 0.372 e. The molecule has 0 bridgehead atoms. The van der Waals surface area contributed by atoms with Gasteiger partial charge in [0, 0.05) is 19.5 Å². The second-order valence-electron chi connectivity index (χ2n) is 1.74. The molecule has 0 amide bonds. The fourth-order valence-electron chi connectivity index (χ4n) is 0.627. The number of carbonyl (C=O) groups is 1. The zero-order valence-electron chi connectivity index (χ0n) is 5.86. The predicted octanol–water partition coefficient (Wildman–Crippen LogP) is 1.31. The minimum absolute atomic E-state index is 0. The maximum atomic E-state index is 10.5. The number of rotatable bonds is 1. The van der Waals surface area contributed by atoms with Gasteiger partial charge < -0.3 is 0 Å². The van der Waals surface area contributed by atoms with Gasteiger partial charge in [0.25, 0.3) is 0 Å². The molecule has 1 aromatic carbocycles. The first-order valence-corrected chi connectivity index (χ1v) is 2.75. The number of hydrogen-bond acceptors (Lipinski definition) is 3. The second kappa shape index (κ2) is 4.99. The summed E-state index contributed by atoms with van der Waals surface area (Å²) in [4.78, 5) is 14.0. The molecule has 0 saturated carbocycles. The molecule has 0 atom stereocenters. The number of benzene rings is 1. The van der Waals surface area contributed by atoms with Crippen molar-refractivity contribution >= 4 is 5.97 Å². The Bertz CT molecular complexity index is 222. The van der Waals surface area contributed by atoms with E-state index in [0.717, 1.165) is 0 Å². The molecule has 0 radical (unpaired) electrons. The summed E-state index contributed by atoms with van der Waals surface area (Å²) in [7, 11) is 0. The van der Waals surface area contributed by atoms with Gasteiger partial charge in [0.05, 0.1) is 5.56 Å². The minimum atomic E-state index is -0.736. The Morgan fingerprint density at radius 1 is 1.27 bits per heavy atom. The van der Waals surface area contributed by atoms with Crippen molar-refractivity contribution in [2.24, 2.45) is 0 Å². The fraction of sp³-hybridized carbons (Fsp3) is 0. The van der Waals surface area contributed by atoms with Crippen molar-refractivity contribution in [2.45, 2.75) is 0 Å². The molecule has 0 aliphatic carbocycles. The molecular formula is C7H6O3Zn. The van der Waals surface area contributed by atoms with Gasteiger partial charge in [-0.15, -0.1) is 0 Å². The van der Waals surface area contributed by atoms with Crippen LogP contribution in [-0.2, 0) is 24.4 Å². The van der Waals surface area contributed by atoms with Crippen LogP contribution >= 0.6 is 0 Å². The first-order chi connectivity index (χ1) is 4.84. The Morgan fingerprint density at radius 3 is 2.27 bits per heavy atom. The first-order valence-electron chi connectivity index (χ1n) is 2.75. The van der Waals surface area contributed by atoms with Crippen LogP contribution in [0.5, 0.6) is 0 Å². The summed E-state index contributed by atoms with van der Waals surface area (Å²) < 4.78 is 0. The third-order valence-corrected chi connectivity index (χ3v) is 1.09. The zero-order chi connectivity index (χ0) is 7.40. The van der Waals surface area contributed by atoms with E-state index in [-0.39, 0.29) is 19.5 Å². The Balaban J connectivity index is 0.000001000. The average molecular weight is 204 g/mol. The predicted molar refractivity (Wildman–Crippen MR) is 34.5 cm³/mol. The molecule has 1 N–H and O–H groups in total. The quantitative estimate of drug-likeness (QED) is 0.425. The fourth-order valence-corrected chi connectivity index (χ4v) is 0.627. The van der Waals surface area contributed by atoms with Crippen LogP contribution in [0, 0.1) is 0 Å². The Kier molecular flexibility index (Phi) is 4.66. The molecule has 0 heterocycles. The van der Waals surface area contributed by atoms with Crippen molar-refractivity contribution in [3.63, 3.8) is 0 Å². The molecule has 4 heteroatoms. The van der Waals surface area contributed by atoms with Crippen LogP contribution in [0.15, 0.2) is 30.3 Å². The summed E-state index contributed by atoms with van der Waals surface area (Å²) in [6, 6.07) is 8.25. The Labute approximate surface area is 76.7 Å². The number of carbonyl (C=O) groups excluding carboxylic acids is 1. The zero-order valence-corrected chi connectivity index (χ0v) is 8.82. The molecule has 0 spiro atoms. The summed E-state index contributed by atoms with van der Waals surface area (Å²) in [5.41, 5.74) is 0.338. The van der Waals surface area contributed by atoms with E-state index in [4.69, 9.17) is 5.26 Å². The Morgan fingerprint density at radius 2 is 1.82 bits per heavy atom. The van der Waals surface area contributed by atoms with Gasteiger partial charge in [0.15, 0.2) is 0 Å². The molecule has 0 saturated heterocycles. The molecule has 11 heavy (non-hydrogen) atoms. The van der Waals surface area contributed by atoms with E-state index in [1.54, 1.807) is 30.3 Å². The van der Waals surface area contributed by atoms with Crippen LogP contribution in [0.4, 0.5) is 0 Å². The van der Waals surface area contributed by atoms with Gasteiger partial charge in [-0.25, -0.2) is 4.79 Å². The summed E-state index contributed by atoms with van der Waals surface area (Å²) in [6.45, 7) is 0. The van der Waals surface area contributed by atoms with Crippen LogP contribution in [0.25, 0.3) is 0 Å². The maximum Gasteiger partial charge on any atom is 0.372 e. The standard InChI is InChI=1S/C7H6O3.Zn/c8-7(10-9)6-4-2-1-3-5-6;/h1-5,9H;. The van der Waals surface area contributed by atoms with E-state index in [0.29, 0.717) is 5.56 Å². The molecule has 0 aliphatic heterocycles. The second-order valence-corrected chi connectivity index (χ2v) is 1.74. The molecule has 0 aromatic heterocycles. The smallest absolute Gasteiger partial charge is 0.296 e. The number of hydrogen-bond donors (Lipinski definition) is 1. The van der Waals surface area contributed by atoms with Gasteiger partial charge in [0.1, 0.15) is 0 Å². The van der Waals surface area contributed by atoms with Gasteiger partial charge in [0.2, 0.25) is 0 Å². The normalized spacial score (nSPS) is 8.09. The van der Waals surface area contributed by atoms with Crippen molar-refractivity contribution in [1.29, 1.82) is 0 Å². The van der Waals surface area contributed by atoms with Gasteiger partial charge in [-0.2, -0.15) is 5.26 Å². The van der Waals surface area contributed by atoms with E-state index in [9.17, 15) is 4.79 Å². The summed E-state index contributed by atoms with van der Waals surface area (Å²) in [5, 5.41) is 7.94. The van der Waals surface area contributed by atoms with Crippen LogP contribution in [0.1, 0.15) is 10.4 Å². The van der Waals surface area contributed by atoms with E-state index in [1.807, 2.05) is 0 Å². The van der Waals surface area contributed by atoms with Crippen molar-refractivity contribution in [1.82, 2.24) is 0 Å². The van der Waals surface area contributed by atoms with Gasteiger partial charge in [-0.3, -0.25) is 4.89 Å². The summed E-state index contributed by atoms with van der Waals surface area (Å²) >= 11 is 0. The van der Waals surface area contributed by atoms with Crippen molar-refractivity contribution < 1.29 is 34.4 Å². The van der Waals surface area contributed by atoms with Crippen molar-refractivity contribution in [2.75, 3.05) is 0 Å². The summed E-state index contributed by atoms with van der Waals surface area (Å²) in [6.07, 6.45) is 0. The van der Waals surface area contributed by atoms with Crippen molar-refractivity contribution in [3.05, 3.63) is 35.9 Å². The van der Waals surface area contributed by atoms with Gasteiger partial charge >= 0.3 is 5.97 Å². The molecule has 3 nitrogen and oxygen atoms in total. The molecular weight excluding hydrogens is 197 g/mol. The van der Waals surface area contributed by atoms with Gasteiger partial charge in [-0.1, -0.05) is 18.2 Å². The SMILES string of the molecule is O=C(OO)c1ccccc1.[Zn]. The van der Waals surface area contributed by atoms with E-state index < -0.39 is 5.97 Å². The van der Waals surface area contributed by atoms with Crippen LogP contribution < -0.4 is 0 Å². The molecule has 1 rings (SSSR count).